The molecule has 2 aliphatic rings. The third-order valence-corrected chi connectivity index (χ3v) is 6.86. The van der Waals surface area contributed by atoms with Gasteiger partial charge in [0.15, 0.2) is 0 Å². The molecule has 142 valence electrons. The summed E-state index contributed by atoms with van der Waals surface area (Å²) in [6.07, 6.45) is 2.88. The van der Waals surface area contributed by atoms with Gasteiger partial charge in [-0.3, -0.25) is 9.78 Å². The SMILES string of the molecule is Cc1ccc(C(=O)N2C[C@@H]3CN(S(C)(=O)=O)[C@@H](c4ccccc4)[C@@H]3C2)cn1. The maximum Gasteiger partial charge on any atom is 0.255 e. The summed E-state index contributed by atoms with van der Waals surface area (Å²) in [5.74, 6) is 0.214. The summed E-state index contributed by atoms with van der Waals surface area (Å²) >= 11 is 0. The molecule has 6 nitrogen and oxygen atoms in total. The second kappa shape index (κ2) is 6.73. The van der Waals surface area contributed by atoms with Crippen LogP contribution >= 0.6 is 0 Å². The lowest BCUT2D eigenvalue weighted by Gasteiger charge is -2.28. The zero-order valence-electron chi connectivity index (χ0n) is 15.4. The van der Waals surface area contributed by atoms with Crippen molar-refractivity contribution in [3.8, 4) is 0 Å². The average molecular weight is 385 g/mol. The van der Waals surface area contributed by atoms with E-state index in [2.05, 4.69) is 4.98 Å². The highest BCUT2D eigenvalue weighted by atomic mass is 32.2. The van der Waals surface area contributed by atoms with Gasteiger partial charge in [-0.1, -0.05) is 30.3 Å². The van der Waals surface area contributed by atoms with Gasteiger partial charge in [0, 0.05) is 37.4 Å². The molecule has 1 aromatic carbocycles. The normalized spacial score (nSPS) is 25.6. The van der Waals surface area contributed by atoms with Crippen molar-refractivity contribution in [2.75, 3.05) is 25.9 Å². The lowest BCUT2D eigenvalue weighted by molar-refractivity contribution is 0.0773. The fraction of sp³-hybridized carbons (Fsp3) is 0.400. The van der Waals surface area contributed by atoms with Crippen molar-refractivity contribution < 1.29 is 13.2 Å². The molecule has 1 aromatic heterocycles. The third-order valence-electron chi connectivity index (χ3n) is 5.63. The number of benzene rings is 1. The van der Waals surface area contributed by atoms with Gasteiger partial charge in [-0.2, -0.15) is 4.31 Å². The molecule has 0 radical (unpaired) electrons. The van der Waals surface area contributed by atoms with Crippen LogP contribution in [0.5, 0.6) is 0 Å². The van der Waals surface area contributed by atoms with E-state index in [0.717, 1.165) is 11.3 Å². The number of carbonyl (C=O) groups excluding carboxylic acids is 1. The fourth-order valence-electron chi connectivity index (χ4n) is 4.35. The van der Waals surface area contributed by atoms with Gasteiger partial charge in [-0.25, -0.2) is 8.42 Å². The molecule has 2 fully saturated rings. The first-order valence-corrected chi connectivity index (χ1v) is 10.9. The molecule has 0 aliphatic carbocycles. The first-order chi connectivity index (χ1) is 12.8. The molecule has 0 spiro atoms. The Kier molecular flexibility index (Phi) is 4.52. The molecular formula is C20H23N3O3S. The maximum atomic E-state index is 12.9. The molecule has 4 rings (SSSR count). The van der Waals surface area contributed by atoms with Crippen molar-refractivity contribution in [2.24, 2.45) is 11.8 Å². The van der Waals surface area contributed by atoms with E-state index in [0.29, 0.717) is 25.2 Å². The minimum Gasteiger partial charge on any atom is -0.338 e. The Bertz CT molecular complexity index is 944. The minimum absolute atomic E-state index is 0.0328. The summed E-state index contributed by atoms with van der Waals surface area (Å²) in [6, 6.07) is 13.1. The van der Waals surface area contributed by atoms with E-state index < -0.39 is 10.0 Å². The van der Waals surface area contributed by atoms with Crippen molar-refractivity contribution in [2.45, 2.75) is 13.0 Å². The number of amides is 1. The molecule has 3 atom stereocenters. The molecule has 7 heteroatoms. The predicted octanol–water partition coefficient (Wildman–Crippen LogP) is 2.09. The van der Waals surface area contributed by atoms with E-state index in [4.69, 9.17) is 0 Å². The monoisotopic (exact) mass is 385 g/mol. The van der Waals surface area contributed by atoms with E-state index in [1.807, 2.05) is 48.2 Å². The van der Waals surface area contributed by atoms with Crippen LogP contribution in [0, 0.1) is 18.8 Å². The Morgan fingerprint density at radius 3 is 2.44 bits per heavy atom. The molecule has 2 aliphatic heterocycles. The van der Waals surface area contributed by atoms with Crippen molar-refractivity contribution in [1.29, 1.82) is 0 Å². The number of rotatable bonds is 3. The molecule has 3 heterocycles. The summed E-state index contributed by atoms with van der Waals surface area (Å²) in [6.45, 7) is 3.48. The van der Waals surface area contributed by atoms with Crippen LogP contribution in [-0.2, 0) is 10.0 Å². The highest BCUT2D eigenvalue weighted by Crippen LogP contribution is 2.46. The van der Waals surface area contributed by atoms with Crippen molar-refractivity contribution >= 4 is 15.9 Å². The molecule has 2 saturated heterocycles. The third kappa shape index (κ3) is 3.37. The van der Waals surface area contributed by atoms with E-state index in [1.165, 1.54) is 6.26 Å². The van der Waals surface area contributed by atoms with Crippen molar-refractivity contribution in [3.05, 3.63) is 65.5 Å². The lowest BCUT2D eigenvalue weighted by atomic mass is 9.90. The highest BCUT2D eigenvalue weighted by molar-refractivity contribution is 7.88. The van der Waals surface area contributed by atoms with Crippen LogP contribution in [0.3, 0.4) is 0 Å². The zero-order chi connectivity index (χ0) is 19.2. The topological polar surface area (TPSA) is 70.6 Å². The Morgan fingerprint density at radius 1 is 1.07 bits per heavy atom. The van der Waals surface area contributed by atoms with Gasteiger partial charge < -0.3 is 4.90 Å². The number of likely N-dealkylation sites (tertiary alicyclic amines) is 1. The Morgan fingerprint density at radius 2 is 1.81 bits per heavy atom. The number of carbonyl (C=O) groups is 1. The number of sulfonamides is 1. The molecular weight excluding hydrogens is 362 g/mol. The van der Waals surface area contributed by atoms with Gasteiger partial charge >= 0.3 is 0 Å². The van der Waals surface area contributed by atoms with Crippen LogP contribution in [0.15, 0.2) is 48.7 Å². The summed E-state index contributed by atoms with van der Waals surface area (Å²) in [5.41, 5.74) is 2.44. The van der Waals surface area contributed by atoms with Gasteiger partial charge in [0.05, 0.1) is 17.9 Å². The number of nitrogens with zero attached hydrogens (tertiary/aromatic N) is 3. The highest BCUT2D eigenvalue weighted by Gasteiger charge is 2.51. The number of aryl methyl sites for hydroxylation is 1. The van der Waals surface area contributed by atoms with Crippen LogP contribution < -0.4 is 0 Å². The Hall–Kier alpha value is -2.25. The standard InChI is InChI=1S/C20H23N3O3S/c1-14-8-9-16(10-21-14)20(24)22-11-17-12-23(27(2,25)26)19(18(17)13-22)15-6-4-3-5-7-15/h3-10,17-19H,11-13H2,1-2H3/t17-,18-,19+/m1/s1. The first-order valence-electron chi connectivity index (χ1n) is 9.08. The largest absolute Gasteiger partial charge is 0.338 e. The average Bonchev–Trinajstić information content (AvgIpc) is 3.20. The molecule has 2 aromatic rings. The Balaban J connectivity index is 1.61. The molecule has 0 N–H and O–H groups in total. The van der Waals surface area contributed by atoms with Crippen LogP contribution in [0.1, 0.15) is 27.7 Å². The van der Waals surface area contributed by atoms with Crippen LogP contribution in [0.2, 0.25) is 0 Å². The van der Waals surface area contributed by atoms with E-state index in [-0.39, 0.29) is 23.8 Å². The fourth-order valence-corrected chi connectivity index (χ4v) is 5.51. The summed E-state index contributed by atoms with van der Waals surface area (Å²) in [7, 11) is -3.32. The minimum atomic E-state index is -3.32. The molecule has 0 saturated carbocycles. The molecule has 0 bridgehead atoms. The lowest BCUT2D eigenvalue weighted by Crippen LogP contribution is -2.37. The van der Waals surface area contributed by atoms with E-state index in [1.54, 1.807) is 16.6 Å². The van der Waals surface area contributed by atoms with Crippen LogP contribution in [0.4, 0.5) is 0 Å². The van der Waals surface area contributed by atoms with Gasteiger partial charge in [0.25, 0.3) is 5.91 Å². The Labute approximate surface area is 159 Å². The second-order valence-corrected chi connectivity index (χ2v) is 9.45. The van der Waals surface area contributed by atoms with Crippen LogP contribution in [0.25, 0.3) is 0 Å². The summed E-state index contributed by atoms with van der Waals surface area (Å²) < 4.78 is 26.3. The van der Waals surface area contributed by atoms with Gasteiger partial charge in [0.2, 0.25) is 10.0 Å². The molecule has 27 heavy (non-hydrogen) atoms. The summed E-state index contributed by atoms with van der Waals surface area (Å²) in [4.78, 5) is 18.9. The first kappa shape index (κ1) is 18.1. The van der Waals surface area contributed by atoms with Crippen molar-refractivity contribution in [3.63, 3.8) is 0 Å². The number of pyridine rings is 1. The smallest absolute Gasteiger partial charge is 0.255 e. The number of hydrogen-bond acceptors (Lipinski definition) is 4. The van der Waals surface area contributed by atoms with E-state index in [9.17, 15) is 13.2 Å². The maximum absolute atomic E-state index is 12.9. The number of hydrogen-bond donors (Lipinski definition) is 0. The van der Waals surface area contributed by atoms with E-state index >= 15 is 0 Å². The number of fused-ring (bicyclic) bond motifs is 1. The van der Waals surface area contributed by atoms with Gasteiger partial charge in [-0.15, -0.1) is 0 Å². The number of aromatic nitrogens is 1. The summed E-state index contributed by atoms with van der Waals surface area (Å²) in [5, 5.41) is 0. The molecule has 0 unspecified atom stereocenters. The predicted molar refractivity (Wildman–Crippen MR) is 103 cm³/mol. The molecule has 1 amide bonds. The van der Waals surface area contributed by atoms with Gasteiger partial charge in [-0.05, 0) is 30.5 Å². The van der Waals surface area contributed by atoms with Crippen molar-refractivity contribution in [1.82, 2.24) is 14.2 Å². The second-order valence-electron chi connectivity index (χ2n) is 7.51. The quantitative estimate of drug-likeness (QED) is 0.811. The van der Waals surface area contributed by atoms with Gasteiger partial charge in [0.1, 0.15) is 0 Å². The zero-order valence-corrected chi connectivity index (χ0v) is 16.3. The van der Waals surface area contributed by atoms with Crippen LogP contribution in [-0.4, -0.2) is 54.4 Å².